The molecule has 0 aliphatic heterocycles. The largest absolute Gasteiger partial charge is 0.507 e. The van der Waals surface area contributed by atoms with Crippen LogP contribution in [0.2, 0.25) is 0 Å². The van der Waals surface area contributed by atoms with Crippen LogP contribution in [0.25, 0.3) is 5.57 Å². The number of hydrogen-bond acceptors (Lipinski definition) is 12. The Kier molecular flexibility index (Phi) is 6.87. The molecule has 0 fully saturated rings. The molecule has 8 N–H and O–H groups in total. The molecule has 0 atom stereocenters. The van der Waals surface area contributed by atoms with E-state index in [1.807, 2.05) is 0 Å². The van der Waals surface area contributed by atoms with Crippen molar-refractivity contribution in [2.24, 2.45) is 17.7 Å². The van der Waals surface area contributed by atoms with Crippen LogP contribution in [0.5, 0.6) is 11.5 Å². The Morgan fingerprint density at radius 2 is 1.18 bits per heavy atom. The monoisotopic (exact) mass is 467 g/mol. The molecular weight excluding hydrogens is 450 g/mol. The molecular formula is C22H17N3O9. The lowest BCUT2D eigenvalue weighted by molar-refractivity contribution is -0.140. The first-order valence-electron chi connectivity index (χ1n) is 9.30. The first-order valence-corrected chi connectivity index (χ1v) is 9.30. The number of benzene rings is 2. The summed E-state index contributed by atoms with van der Waals surface area (Å²) < 4.78 is 0. The molecule has 0 saturated carbocycles. The summed E-state index contributed by atoms with van der Waals surface area (Å²) in [4.78, 5) is 60.6. The maximum atomic E-state index is 12.1. The summed E-state index contributed by atoms with van der Waals surface area (Å²) in [6, 6.07) is 7.68. The van der Waals surface area contributed by atoms with E-state index in [0.717, 1.165) is 6.08 Å². The normalized spacial score (nSPS) is 12.6. The van der Waals surface area contributed by atoms with Gasteiger partial charge in [0.2, 0.25) is 0 Å². The summed E-state index contributed by atoms with van der Waals surface area (Å²) in [5.41, 5.74) is 0.0557. The van der Waals surface area contributed by atoms with E-state index in [1.165, 1.54) is 48.6 Å². The highest BCUT2D eigenvalue weighted by Crippen LogP contribution is 2.35. The zero-order valence-electron chi connectivity index (χ0n) is 17.2. The van der Waals surface area contributed by atoms with Gasteiger partial charge in [0.1, 0.15) is 28.2 Å². The lowest BCUT2D eigenvalue weighted by Gasteiger charge is -2.17. The third-order valence-corrected chi connectivity index (χ3v) is 4.82. The fourth-order valence-corrected chi connectivity index (χ4v) is 3.25. The molecule has 0 radical (unpaired) electrons. The van der Waals surface area contributed by atoms with E-state index in [-0.39, 0.29) is 33.4 Å². The van der Waals surface area contributed by atoms with Gasteiger partial charge in [0.25, 0.3) is 0 Å². The van der Waals surface area contributed by atoms with Crippen LogP contribution in [0.1, 0.15) is 31.8 Å². The van der Waals surface area contributed by atoms with Crippen LogP contribution in [-0.2, 0) is 24.1 Å². The second kappa shape index (κ2) is 9.79. The minimum atomic E-state index is -1.09. The Bertz CT molecular complexity index is 1240. The lowest BCUT2D eigenvalue weighted by atomic mass is 9.87. The van der Waals surface area contributed by atoms with Gasteiger partial charge in [-0.3, -0.25) is 4.79 Å². The Hall–Kier alpha value is -4.78. The van der Waals surface area contributed by atoms with Gasteiger partial charge in [0.05, 0.1) is 0 Å². The molecule has 0 saturated heterocycles. The van der Waals surface area contributed by atoms with Crippen molar-refractivity contribution < 1.29 is 43.9 Å². The molecule has 1 aliphatic carbocycles. The van der Waals surface area contributed by atoms with Crippen molar-refractivity contribution in [2.75, 3.05) is 0 Å². The van der Waals surface area contributed by atoms with Gasteiger partial charge in [-0.1, -0.05) is 18.2 Å². The van der Waals surface area contributed by atoms with Crippen LogP contribution < -0.4 is 17.7 Å². The summed E-state index contributed by atoms with van der Waals surface area (Å²) in [6.07, 6.45) is 3.65. The molecule has 2 aromatic carbocycles. The van der Waals surface area contributed by atoms with E-state index in [0.29, 0.717) is 0 Å². The molecule has 0 spiro atoms. The molecule has 0 unspecified atom stereocenters. The second-order valence-corrected chi connectivity index (χ2v) is 6.77. The Morgan fingerprint density at radius 1 is 0.706 bits per heavy atom. The van der Waals surface area contributed by atoms with E-state index in [4.69, 9.17) is 17.7 Å². The second-order valence-electron chi connectivity index (χ2n) is 6.77. The zero-order valence-corrected chi connectivity index (χ0v) is 17.2. The zero-order chi connectivity index (χ0) is 25.0. The van der Waals surface area contributed by atoms with Crippen LogP contribution >= 0.6 is 0 Å². The van der Waals surface area contributed by atoms with Gasteiger partial charge in [0.15, 0.2) is 5.78 Å². The summed E-state index contributed by atoms with van der Waals surface area (Å²) in [7, 11) is 0. The van der Waals surface area contributed by atoms with E-state index in [1.54, 1.807) is 0 Å². The predicted octanol–water partition coefficient (Wildman–Crippen LogP) is 0.443. The highest BCUT2D eigenvalue weighted by Gasteiger charge is 2.24. The van der Waals surface area contributed by atoms with E-state index in [9.17, 15) is 29.4 Å². The van der Waals surface area contributed by atoms with Crippen molar-refractivity contribution in [3.05, 3.63) is 88.0 Å². The molecule has 12 nitrogen and oxygen atoms in total. The lowest BCUT2D eigenvalue weighted by Crippen LogP contribution is -2.19. The maximum absolute atomic E-state index is 12.1. The van der Waals surface area contributed by atoms with Crippen LogP contribution in [0, 0.1) is 0 Å². The number of rotatable bonds is 5. The standard InChI is InChI=1S/C22H17N3O9/c23-32-20(29)13-7-10(1-4-16(13)26)19(11-2-5-17(27)14(8-11)21(30)33-24)12-3-6-18(28)15(9-12)22(31)34-25/h1-9,26-27H,23-25H2. The van der Waals surface area contributed by atoms with E-state index in [2.05, 4.69) is 14.5 Å². The predicted molar refractivity (Wildman–Crippen MR) is 114 cm³/mol. The Balaban J connectivity index is 2.36. The van der Waals surface area contributed by atoms with Crippen molar-refractivity contribution in [1.82, 2.24) is 0 Å². The summed E-state index contributed by atoms with van der Waals surface area (Å²) in [5.74, 6) is 10.1. The third-order valence-electron chi connectivity index (χ3n) is 4.82. The van der Waals surface area contributed by atoms with Gasteiger partial charge in [-0.25, -0.2) is 14.4 Å². The molecule has 1 aliphatic rings. The third kappa shape index (κ3) is 4.54. The van der Waals surface area contributed by atoms with Gasteiger partial charge < -0.3 is 24.7 Å². The van der Waals surface area contributed by atoms with Crippen molar-refractivity contribution in [3.8, 4) is 11.5 Å². The fourth-order valence-electron chi connectivity index (χ4n) is 3.25. The molecule has 0 amide bonds. The molecule has 0 bridgehead atoms. The SMILES string of the molecule is NOC(=O)C1=CC(=C(c2ccc(O)c(C(=O)ON)c2)c2ccc(O)c(C(=O)ON)c2)C=CC1=O. The number of aromatic hydroxyl groups is 2. The van der Waals surface area contributed by atoms with Crippen LogP contribution in [0.3, 0.4) is 0 Å². The minimum absolute atomic E-state index is 0.246. The number of phenols is 2. The fraction of sp³-hybridized carbons (Fsp3) is 0. The highest BCUT2D eigenvalue weighted by atomic mass is 16.7. The van der Waals surface area contributed by atoms with Crippen LogP contribution in [0.15, 0.2) is 65.8 Å². The van der Waals surface area contributed by atoms with Crippen LogP contribution in [0.4, 0.5) is 0 Å². The molecule has 2 aromatic rings. The topological polar surface area (TPSA) is 214 Å². The van der Waals surface area contributed by atoms with Crippen molar-refractivity contribution in [2.45, 2.75) is 0 Å². The number of hydrogen-bond donors (Lipinski definition) is 5. The number of ketones is 1. The maximum Gasteiger partial charge on any atom is 0.360 e. The minimum Gasteiger partial charge on any atom is -0.507 e. The smallest absolute Gasteiger partial charge is 0.360 e. The Labute approximate surface area is 191 Å². The van der Waals surface area contributed by atoms with Gasteiger partial charge in [-0.05, 0) is 58.7 Å². The molecule has 0 aromatic heterocycles. The van der Waals surface area contributed by atoms with Gasteiger partial charge in [-0.2, -0.15) is 17.7 Å². The molecule has 0 heterocycles. The molecule has 174 valence electrons. The van der Waals surface area contributed by atoms with Gasteiger partial charge in [-0.15, -0.1) is 0 Å². The first kappa shape index (κ1) is 23.9. The first-order chi connectivity index (χ1) is 16.2. The van der Waals surface area contributed by atoms with E-state index < -0.39 is 40.8 Å². The Morgan fingerprint density at radius 3 is 1.62 bits per heavy atom. The van der Waals surface area contributed by atoms with E-state index >= 15 is 0 Å². The average Bonchev–Trinajstić information content (AvgIpc) is 2.85. The molecule has 3 rings (SSSR count). The molecule has 12 heteroatoms. The summed E-state index contributed by atoms with van der Waals surface area (Å²) >= 11 is 0. The average molecular weight is 467 g/mol. The summed E-state index contributed by atoms with van der Waals surface area (Å²) in [6.45, 7) is 0. The number of carbonyl (C=O) groups is 4. The van der Waals surface area contributed by atoms with Crippen molar-refractivity contribution >= 4 is 29.3 Å². The number of phenolic OH excluding ortho intramolecular Hbond substituents is 2. The molecule has 34 heavy (non-hydrogen) atoms. The number of allylic oxidation sites excluding steroid dienone is 4. The quantitative estimate of drug-likeness (QED) is 0.299. The van der Waals surface area contributed by atoms with Crippen LogP contribution in [-0.4, -0.2) is 33.9 Å². The highest BCUT2D eigenvalue weighted by molar-refractivity contribution is 6.23. The number of nitrogens with two attached hydrogens (primary N) is 3. The van der Waals surface area contributed by atoms with Crippen molar-refractivity contribution in [1.29, 1.82) is 0 Å². The van der Waals surface area contributed by atoms with Gasteiger partial charge >= 0.3 is 17.9 Å². The van der Waals surface area contributed by atoms with Gasteiger partial charge in [0, 0.05) is 0 Å². The van der Waals surface area contributed by atoms with Crippen molar-refractivity contribution in [3.63, 3.8) is 0 Å². The summed E-state index contributed by atoms with van der Waals surface area (Å²) in [5, 5.41) is 20.1. The number of carbonyl (C=O) groups excluding carboxylic acids is 4.